The molecule has 0 fully saturated rings. The Morgan fingerprint density at radius 2 is 2.36 bits per heavy atom. The van der Waals surface area contributed by atoms with Crippen LogP contribution in [-0.4, -0.2) is 22.1 Å². The quantitative estimate of drug-likeness (QED) is 0.747. The Balaban J connectivity index is 3.62. The molecular weight excluding hydrogens is 184 g/mol. The van der Waals surface area contributed by atoms with Crippen molar-refractivity contribution in [1.82, 2.24) is 0 Å². The van der Waals surface area contributed by atoms with Gasteiger partial charge in [0, 0.05) is 11.3 Å². The molecule has 0 saturated carbocycles. The highest BCUT2D eigenvalue weighted by atomic mass is 35.5. The van der Waals surface area contributed by atoms with Crippen LogP contribution in [0.25, 0.3) is 0 Å². The summed E-state index contributed by atoms with van der Waals surface area (Å²) in [6.07, 6.45) is 0. The minimum absolute atomic E-state index is 0.360. The maximum atomic E-state index is 10.3. The van der Waals surface area contributed by atoms with Crippen LogP contribution in [0.15, 0.2) is 11.1 Å². The third-order valence-corrected chi connectivity index (χ3v) is 2.79. The minimum atomic E-state index is -0.780. The second-order valence-electron chi connectivity index (χ2n) is 2.25. The van der Waals surface area contributed by atoms with Gasteiger partial charge < -0.3 is 5.11 Å². The molecule has 1 N–H and O–H groups in total. The van der Waals surface area contributed by atoms with Crippen LogP contribution in [0.3, 0.4) is 0 Å². The molecule has 0 aliphatic carbocycles. The second kappa shape index (κ2) is 5.49. The summed E-state index contributed by atoms with van der Waals surface area (Å²) in [5, 5.41) is 8.13. The summed E-state index contributed by atoms with van der Waals surface area (Å²) in [6.45, 7) is 3.53. The summed E-state index contributed by atoms with van der Waals surface area (Å²) in [5.74, 6) is -0.103. The molecule has 2 nitrogen and oxygen atoms in total. The van der Waals surface area contributed by atoms with Crippen molar-refractivity contribution in [3.63, 3.8) is 0 Å². The smallest absolute Gasteiger partial charge is 0.316 e. The monoisotopic (exact) mass is 194 g/mol. The molecule has 0 aromatic rings. The molecular formula is C7H11ClO2S. The first-order valence-electron chi connectivity index (χ1n) is 3.18. The van der Waals surface area contributed by atoms with E-state index in [9.17, 15) is 4.79 Å². The molecule has 4 heteroatoms. The maximum Gasteiger partial charge on any atom is 0.316 e. The molecule has 0 bridgehead atoms. The van der Waals surface area contributed by atoms with Gasteiger partial charge in [0.25, 0.3) is 0 Å². The highest BCUT2D eigenvalue weighted by molar-refractivity contribution is 8.00. The van der Waals surface area contributed by atoms with Crippen molar-refractivity contribution in [1.29, 1.82) is 0 Å². The fraction of sp³-hybridized carbons (Fsp3) is 0.571. The van der Waals surface area contributed by atoms with Gasteiger partial charge in [0.15, 0.2) is 0 Å². The van der Waals surface area contributed by atoms with E-state index >= 15 is 0 Å². The topological polar surface area (TPSA) is 37.3 Å². The standard InChI is InChI=1S/C7H11ClO2S/c1-5(3-8)4-11-6(2)7(9)10/h3,6H,4H2,1-2H3,(H,9,10). The number of carbonyl (C=O) groups is 1. The largest absolute Gasteiger partial charge is 0.480 e. The molecule has 0 heterocycles. The zero-order valence-electron chi connectivity index (χ0n) is 6.50. The predicted molar refractivity (Wildman–Crippen MR) is 49.2 cm³/mol. The number of thioether (sulfide) groups is 1. The molecule has 0 radical (unpaired) electrons. The van der Waals surface area contributed by atoms with E-state index in [1.807, 2.05) is 6.92 Å². The summed E-state index contributed by atoms with van der Waals surface area (Å²) >= 11 is 6.76. The van der Waals surface area contributed by atoms with Gasteiger partial charge in [-0.05, 0) is 13.8 Å². The molecule has 0 aliphatic rings. The normalized spacial score (nSPS) is 14.6. The van der Waals surface area contributed by atoms with E-state index in [0.29, 0.717) is 5.75 Å². The molecule has 0 saturated heterocycles. The van der Waals surface area contributed by atoms with Gasteiger partial charge in [-0.25, -0.2) is 0 Å². The van der Waals surface area contributed by atoms with Crippen molar-refractivity contribution in [2.75, 3.05) is 5.75 Å². The van der Waals surface area contributed by atoms with Crippen molar-refractivity contribution in [3.05, 3.63) is 11.1 Å². The Morgan fingerprint density at radius 3 is 2.73 bits per heavy atom. The van der Waals surface area contributed by atoms with E-state index in [2.05, 4.69) is 0 Å². The van der Waals surface area contributed by atoms with Crippen LogP contribution in [0.1, 0.15) is 13.8 Å². The molecule has 0 aromatic heterocycles. The van der Waals surface area contributed by atoms with Crippen molar-refractivity contribution in [2.45, 2.75) is 19.1 Å². The van der Waals surface area contributed by atoms with E-state index in [-0.39, 0.29) is 5.25 Å². The molecule has 0 aromatic carbocycles. The lowest BCUT2D eigenvalue weighted by Crippen LogP contribution is -2.12. The van der Waals surface area contributed by atoms with E-state index < -0.39 is 5.97 Å². The summed E-state index contributed by atoms with van der Waals surface area (Å²) in [4.78, 5) is 10.3. The molecule has 0 rings (SSSR count). The average Bonchev–Trinajstić information content (AvgIpc) is 1.99. The van der Waals surface area contributed by atoms with Gasteiger partial charge in [0.1, 0.15) is 0 Å². The van der Waals surface area contributed by atoms with Gasteiger partial charge in [0.05, 0.1) is 5.25 Å². The van der Waals surface area contributed by atoms with Gasteiger partial charge in [-0.1, -0.05) is 17.2 Å². The van der Waals surface area contributed by atoms with Gasteiger partial charge in [-0.2, -0.15) is 0 Å². The van der Waals surface area contributed by atoms with E-state index in [0.717, 1.165) is 5.57 Å². The lowest BCUT2D eigenvalue weighted by atomic mass is 10.4. The zero-order chi connectivity index (χ0) is 8.85. The summed E-state index contributed by atoms with van der Waals surface area (Å²) in [7, 11) is 0. The lowest BCUT2D eigenvalue weighted by molar-refractivity contribution is -0.136. The summed E-state index contributed by atoms with van der Waals surface area (Å²) < 4.78 is 0. The van der Waals surface area contributed by atoms with Crippen molar-refractivity contribution in [2.24, 2.45) is 0 Å². The second-order valence-corrected chi connectivity index (χ2v) is 3.79. The highest BCUT2D eigenvalue weighted by Crippen LogP contribution is 2.14. The van der Waals surface area contributed by atoms with Crippen molar-refractivity contribution in [3.8, 4) is 0 Å². The SMILES string of the molecule is CC(=CCl)CSC(C)C(=O)O. The zero-order valence-corrected chi connectivity index (χ0v) is 8.08. The van der Waals surface area contributed by atoms with Crippen LogP contribution in [0.4, 0.5) is 0 Å². The Bertz CT molecular complexity index is 168. The first-order chi connectivity index (χ1) is 5.07. The highest BCUT2D eigenvalue weighted by Gasteiger charge is 2.10. The van der Waals surface area contributed by atoms with E-state index in [1.165, 1.54) is 17.3 Å². The van der Waals surface area contributed by atoms with E-state index in [4.69, 9.17) is 16.7 Å². The number of carboxylic acids is 1. The van der Waals surface area contributed by atoms with E-state index in [1.54, 1.807) is 6.92 Å². The average molecular weight is 195 g/mol. The molecule has 0 amide bonds. The number of aliphatic carboxylic acids is 1. The fourth-order valence-corrected chi connectivity index (χ4v) is 1.27. The van der Waals surface area contributed by atoms with Crippen molar-refractivity contribution >= 4 is 29.3 Å². The minimum Gasteiger partial charge on any atom is -0.480 e. The van der Waals surface area contributed by atoms with Crippen LogP contribution >= 0.6 is 23.4 Å². The predicted octanol–water partition coefficient (Wildman–Crippen LogP) is 2.34. The fourth-order valence-electron chi connectivity index (χ4n) is 0.359. The number of carboxylic acid groups (broad SMARTS) is 1. The van der Waals surface area contributed by atoms with Gasteiger partial charge in [0.2, 0.25) is 0 Å². The van der Waals surface area contributed by atoms with Crippen LogP contribution in [0.2, 0.25) is 0 Å². The Morgan fingerprint density at radius 1 is 1.82 bits per heavy atom. The molecule has 64 valence electrons. The van der Waals surface area contributed by atoms with Crippen LogP contribution in [0, 0.1) is 0 Å². The van der Waals surface area contributed by atoms with Crippen molar-refractivity contribution < 1.29 is 9.90 Å². The summed E-state index contributed by atoms with van der Waals surface area (Å²) in [5.41, 5.74) is 2.46. The molecule has 0 aliphatic heterocycles. The first-order valence-corrected chi connectivity index (χ1v) is 4.66. The van der Waals surface area contributed by atoms with Crippen LogP contribution in [-0.2, 0) is 4.79 Å². The number of halogens is 1. The Hall–Kier alpha value is -0.150. The van der Waals surface area contributed by atoms with Crippen LogP contribution in [0.5, 0.6) is 0 Å². The first kappa shape index (κ1) is 10.8. The maximum absolute atomic E-state index is 10.3. The van der Waals surface area contributed by atoms with Gasteiger partial charge in [-0.3, -0.25) is 4.79 Å². The lowest BCUT2D eigenvalue weighted by Gasteiger charge is -2.04. The van der Waals surface area contributed by atoms with Gasteiger partial charge in [-0.15, -0.1) is 11.8 Å². The Labute approximate surface area is 75.6 Å². The molecule has 11 heavy (non-hydrogen) atoms. The summed E-state index contributed by atoms with van der Waals surface area (Å²) in [6, 6.07) is 0. The molecule has 1 atom stereocenters. The Kier molecular flexibility index (Phi) is 5.42. The number of hydrogen-bond donors (Lipinski definition) is 1. The molecule has 0 spiro atoms. The number of rotatable bonds is 4. The third kappa shape index (κ3) is 5.16. The van der Waals surface area contributed by atoms with Gasteiger partial charge >= 0.3 is 5.97 Å². The molecule has 1 unspecified atom stereocenters. The van der Waals surface area contributed by atoms with Crippen LogP contribution < -0.4 is 0 Å². The third-order valence-electron chi connectivity index (χ3n) is 1.10. The number of hydrogen-bond acceptors (Lipinski definition) is 2.